The van der Waals surface area contributed by atoms with Crippen LogP contribution in [0.1, 0.15) is 5.56 Å². The van der Waals surface area contributed by atoms with E-state index in [2.05, 4.69) is 15.6 Å². The zero-order chi connectivity index (χ0) is 18.9. The summed E-state index contributed by atoms with van der Waals surface area (Å²) >= 11 is 0. The first-order valence-corrected chi connectivity index (χ1v) is 8.53. The lowest BCUT2D eigenvalue weighted by Gasteiger charge is -2.11. The highest BCUT2D eigenvalue weighted by molar-refractivity contribution is 5.92. The number of carbonyl (C=O) groups excluding carboxylic acids is 1. The minimum absolute atomic E-state index is 0.0948. The third kappa shape index (κ3) is 5.47. The third-order valence-electron chi connectivity index (χ3n) is 3.84. The number of amides is 1. The fraction of sp³-hybridized carbons (Fsp3) is 0.143. The largest absolute Gasteiger partial charge is 0.493 e. The van der Waals surface area contributed by atoms with E-state index in [0.717, 1.165) is 11.3 Å². The molecular weight excluding hydrogens is 342 g/mol. The van der Waals surface area contributed by atoms with Crippen molar-refractivity contribution in [3.05, 3.63) is 78.6 Å². The third-order valence-corrected chi connectivity index (χ3v) is 3.84. The van der Waals surface area contributed by atoms with Crippen molar-refractivity contribution in [3.8, 4) is 11.5 Å². The Labute approximate surface area is 158 Å². The molecule has 0 radical (unpaired) electrons. The van der Waals surface area contributed by atoms with Crippen LogP contribution >= 0.6 is 0 Å². The van der Waals surface area contributed by atoms with Crippen LogP contribution in [0.4, 0.5) is 11.4 Å². The molecule has 6 nitrogen and oxygen atoms in total. The molecule has 0 saturated heterocycles. The van der Waals surface area contributed by atoms with Gasteiger partial charge in [-0.25, -0.2) is 0 Å². The van der Waals surface area contributed by atoms with Crippen LogP contribution in [-0.2, 0) is 11.3 Å². The number of aromatic nitrogens is 1. The molecule has 0 saturated carbocycles. The van der Waals surface area contributed by atoms with Crippen molar-refractivity contribution in [3.63, 3.8) is 0 Å². The molecule has 27 heavy (non-hydrogen) atoms. The monoisotopic (exact) mass is 363 g/mol. The number of nitrogens with one attached hydrogen (secondary N) is 2. The summed E-state index contributed by atoms with van der Waals surface area (Å²) in [6, 6.07) is 18.7. The Morgan fingerprint density at radius 2 is 1.59 bits per heavy atom. The van der Waals surface area contributed by atoms with E-state index >= 15 is 0 Å². The predicted octanol–water partition coefficient (Wildman–Crippen LogP) is 3.72. The molecule has 0 spiro atoms. The van der Waals surface area contributed by atoms with Crippen molar-refractivity contribution >= 4 is 17.3 Å². The SMILES string of the molecule is COc1ccccc1OCC(=O)Nc1ccc(NCc2ccncc2)cc1. The maximum Gasteiger partial charge on any atom is 0.262 e. The fourth-order valence-corrected chi connectivity index (χ4v) is 2.45. The molecule has 0 unspecified atom stereocenters. The topological polar surface area (TPSA) is 72.5 Å². The van der Waals surface area contributed by atoms with Gasteiger partial charge in [0, 0.05) is 30.3 Å². The van der Waals surface area contributed by atoms with Gasteiger partial charge in [0.2, 0.25) is 0 Å². The Bertz CT molecular complexity index is 867. The van der Waals surface area contributed by atoms with Crippen molar-refractivity contribution in [2.24, 2.45) is 0 Å². The molecule has 1 amide bonds. The van der Waals surface area contributed by atoms with Crippen LogP contribution in [0.3, 0.4) is 0 Å². The van der Waals surface area contributed by atoms with Crippen molar-refractivity contribution in [1.29, 1.82) is 0 Å². The lowest BCUT2D eigenvalue weighted by molar-refractivity contribution is -0.118. The van der Waals surface area contributed by atoms with E-state index in [1.54, 1.807) is 31.6 Å². The lowest BCUT2D eigenvalue weighted by Crippen LogP contribution is -2.20. The summed E-state index contributed by atoms with van der Waals surface area (Å²) < 4.78 is 10.7. The fourth-order valence-electron chi connectivity index (χ4n) is 2.45. The first-order valence-electron chi connectivity index (χ1n) is 8.53. The Hall–Kier alpha value is -3.54. The molecule has 138 valence electrons. The number of hydrogen-bond donors (Lipinski definition) is 2. The number of nitrogens with zero attached hydrogens (tertiary/aromatic N) is 1. The van der Waals surface area contributed by atoms with E-state index in [1.807, 2.05) is 48.5 Å². The minimum Gasteiger partial charge on any atom is -0.493 e. The second-order valence-corrected chi connectivity index (χ2v) is 5.77. The Balaban J connectivity index is 1.48. The summed E-state index contributed by atoms with van der Waals surface area (Å²) in [7, 11) is 1.56. The van der Waals surface area contributed by atoms with Crippen molar-refractivity contribution in [2.45, 2.75) is 6.54 Å². The number of anilines is 2. The number of carbonyl (C=O) groups is 1. The van der Waals surface area contributed by atoms with Crippen molar-refractivity contribution in [1.82, 2.24) is 4.98 Å². The van der Waals surface area contributed by atoms with Crippen molar-refractivity contribution < 1.29 is 14.3 Å². The van der Waals surface area contributed by atoms with Crippen LogP contribution in [0.2, 0.25) is 0 Å². The summed E-state index contributed by atoms with van der Waals surface area (Å²) in [5.74, 6) is 0.888. The van der Waals surface area contributed by atoms with Crippen LogP contribution in [-0.4, -0.2) is 24.6 Å². The van der Waals surface area contributed by atoms with Crippen LogP contribution in [0.5, 0.6) is 11.5 Å². The molecule has 2 aromatic carbocycles. The van der Waals surface area contributed by atoms with Crippen LogP contribution in [0.25, 0.3) is 0 Å². The summed E-state index contributed by atoms with van der Waals surface area (Å²) in [6.45, 7) is 0.614. The van der Waals surface area contributed by atoms with Gasteiger partial charge in [0.1, 0.15) is 0 Å². The smallest absolute Gasteiger partial charge is 0.262 e. The molecular formula is C21H21N3O3. The zero-order valence-electron chi connectivity index (χ0n) is 15.0. The maximum atomic E-state index is 12.1. The Kier molecular flexibility index (Phi) is 6.25. The molecule has 2 N–H and O–H groups in total. The highest BCUT2D eigenvalue weighted by Gasteiger charge is 2.07. The summed E-state index contributed by atoms with van der Waals surface area (Å²) in [6.07, 6.45) is 3.53. The first kappa shape index (κ1) is 18.3. The van der Waals surface area contributed by atoms with Gasteiger partial charge in [0.15, 0.2) is 18.1 Å². The second-order valence-electron chi connectivity index (χ2n) is 5.77. The Morgan fingerprint density at radius 3 is 2.30 bits per heavy atom. The number of pyridine rings is 1. The highest BCUT2D eigenvalue weighted by Crippen LogP contribution is 2.25. The van der Waals surface area contributed by atoms with Crippen LogP contribution in [0, 0.1) is 0 Å². The average molecular weight is 363 g/mol. The van der Waals surface area contributed by atoms with E-state index < -0.39 is 0 Å². The molecule has 0 bridgehead atoms. The minimum atomic E-state index is -0.238. The molecule has 0 atom stereocenters. The molecule has 6 heteroatoms. The summed E-state index contributed by atoms with van der Waals surface area (Å²) in [5, 5.41) is 6.13. The Morgan fingerprint density at radius 1 is 0.926 bits per heavy atom. The van der Waals surface area contributed by atoms with Gasteiger partial charge in [-0.1, -0.05) is 12.1 Å². The van der Waals surface area contributed by atoms with Gasteiger partial charge in [-0.2, -0.15) is 0 Å². The number of para-hydroxylation sites is 2. The van der Waals surface area contributed by atoms with E-state index in [4.69, 9.17) is 9.47 Å². The maximum absolute atomic E-state index is 12.1. The molecule has 0 aliphatic carbocycles. The molecule has 3 rings (SSSR count). The van der Waals surface area contributed by atoms with Crippen LogP contribution in [0.15, 0.2) is 73.1 Å². The summed E-state index contributed by atoms with van der Waals surface area (Å²) in [5.41, 5.74) is 2.82. The normalized spacial score (nSPS) is 10.1. The first-order chi connectivity index (χ1) is 13.2. The molecule has 0 aliphatic rings. The summed E-state index contributed by atoms with van der Waals surface area (Å²) in [4.78, 5) is 16.1. The second kappa shape index (κ2) is 9.24. The molecule has 0 aliphatic heterocycles. The number of methoxy groups -OCH3 is 1. The standard InChI is InChI=1S/C21H21N3O3/c1-26-19-4-2-3-5-20(19)27-15-21(25)24-18-8-6-17(7-9-18)23-14-16-10-12-22-13-11-16/h2-13,23H,14-15H2,1H3,(H,24,25). The molecule has 1 aromatic heterocycles. The van der Waals surface area contributed by atoms with E-state index in [0.29, 0.717) is 23.7 Å². The zero-order valence-corrected chi connectivity index (χ0v) is 15.0. The van der Waals surface area contributed by atoms with E-state index in [1.165, 1.54) is 0 Å². The number of ether oxygens (including phenoxy) is 2. The van der Waals surface area contributed by atoms with Gasteiger partial charge in [-0.05, 0) is 54.1 Å². The predicted molar refractivity (Wildman–Crippen MR) is 105 cm³/mol. The van der Waals surface area contributed by atoms with E-state index in [9.17, 15) is 4.79 Å². The quantitative estimate of drug-likeness (QED) is 0.638. The molecule has 3 aromatic rings. The van der Waals surface area contributed by atoms with Gasteiger partial charge in [-0.3, -0.25) is 9.78 Å². The van der Waals surface area contributed by atoms with Gasteiger partial charge in [0.05, 0.1) is 7.11 Å². The average Bonchev–Trinajstić information content (AvgIpc) is 2.72. The molecule has 0 fully saturated rings. The van der Waals surface area contributed by atoms with Gasteiger partial charge in [-0.15, -0.1) is 0 Å². The van der Waals surface area contributed by atoms with Gasteiger partial charge >= 0.3 is 0 Å². The number of rotatable bonds is 8. The lowest BCUT2D eigenvalue weighted by atomic mass is 10.2. The van der Waals surface area contributed by atoms with Gasteiger partial charge < -0.3 is 20.1 Å². The van der Waals surface area contributed by atoms with Crippen molar-refractivity contribution in [2.75, 3.05) is 24.4 Å². The molecule has 1 heterocycles. The van der Waals surface area contributed by atoms with E-state index in [-0.39, 0.29) is 12.5 Å². The van der Waals surface area contributed by atoms with Gasteiger partial charge in [0.25, 0.3) is 5.91 Å². The number of hydrogen-bond acceptors (Lipinski definition) is 5. The number of benzene rings is 2. The van der Waals surface area contributed by atoms with Crippen LogP contribution < -0.4 is 20.1 Å². The highest BCUT2D eigenvalue weighted by atomic mass is 16.5.